The molecule has 158 valence electrons. The summed E-state index contributed by atoms with van der Waals surface area (Å²) in [6.07, 6.45) is 0. The molecule has 0 radical (unpaired) electrons. The quantitative estimate of drug-likeness (QED) is 0.173. The number of fused-ring (bicyclic) bond motifs is 3. The topological polar surface area (TPSA) is 93.8 Å². The van der Waals surface area contributed by atoms with E-state index in [1.807, 2.05) is 24.3 Å². The molecule has 1 N–H and O–H groups in total. The van der Waals surface area contributed by atoms with E-state index in [1.54, 1.807) is 12.1 Å². The largest absolute Gasteiger partial charge is 0.349 e. The van der Waals surface area contributed by atoms with Crippen molar-refractivity contribution in [2.75, 3.05) is 0 Å². The minimum absolute atomic E-state index is 0.0737. The molecule has 0 atom stereocenters. The Balaban J connectivity index is 1.69. The number of nitro benzene ring substituents is 1. The van der Waals surface area contributed by atoms with E-state index in [-0.39, 0.29) is 17.1 Å². The Bertz CT molecular complexity index is 1540. The molecule has 0 saturated heterocycles. The van der Waals surface area contributed by atoms with Crippen molar-refractivity contribution in [3.05, 3.63) is 105 Å². The number of halogens is 1. The molecule has 0 unspecified atom stereocenters. The van der Waals surface area contributed by atoms with Crippen molar-refractivity contribution in [3.8, 4) is 5.69 Å². The third-order valence-electron chi connectivity index (χ3n) is 5.07. The molecular weight excluding hydrogens is 431 g/mol. The van der Waals surface area contributed by atoms with Crippen LogP contribution in [-0.4, -0.2) is 19.5 Å². The van der Waals surface area contributed by atoms with Crippen LogP contribution in [0.1, 0.15) is 5.56 Å². The number of thioether (sulfide) groups is 1. The van der Waals surface area contributed by atoms with Crippen molar-refractivity contribution in [1.29, 1.82) is 0 Å². The van der Waals surface area contributed by atoms with E-state index in [0.29, 0.717) is 27.6 Å². The molecular formula is C23H15FN4O3S. The minimum Gasteiger partial charge on any atom is -0.349 e. The van der Waals surface area contributed by atoms with Gasteiger partial charge in [-0.05, 0) is 35.9 Å². The zero-order valence-electron chi connectivity index (χ0n) is 16.5. The number of hydrogen-bond acceptors (Lipinski definition) is 5. The van der Waals surface area contributed by atoms with Crippen LogP contribution in [0.25, 0.3) is 27.6 Å². The first-order valence-electron chi connectivity index (χ1n) is 9.67. The second-order valence-corrected chi connectivity index (χ2v) is 8.06. The number of H-pyrrole nitrogens is 1. The number of aromatic nitrogens is 3. The van der Waals surface area contributed by atoms with Gasteiger partial charge in [0.15, 0.2) is 5.16 Å². The highest BCUT2D eigenvalue weighted by Crippen LogP contribution is 2.28. The van der Waals surface area contributed by atoms with Crippen LogP contribution in [0.15, 0.2) is 82.7 Å². The molecule has 0 aliphatic carbocycles. The average molecular weight is 446 g/mol. The number of nitrogens with zero attached hydrogens (tertiary/aromatic N) is 3. The lowest BCUT2D eigenvalue weighted by Crippen LogP contribution is -2.21. The molecule has 9 heteroatoms. The highest BCUT2D eigenvalue weighted by Gasteiger charge is 2.18. The van der Waals surface area contributed by atoms with Crippen LogP contribution in [0.4, 0.5) is 10.1 Å². The number of rotatable bonds is 5. The third-order valence-corrected chi connectivity index (χ3v) is 6.08. The number of non-ortho nitro benzene ring substituents is 1. The third kappa shape index (κ3) is 3.52. The van der Waals surface area contributed by atoms with Gasteiger partial charge in [-0.25, -0.2) is 9.37 Å². The Kier molecular flexibility index (Phi) is 4.95. The molecule has 0 amide bonds. The summed E-state index contributed by atoms with van der Waals surface area (Å²) in [4.78, 5) is 31.9. The molecule has 0 bridgehead atoms. The zero-order valence-corrected chi connectivity index (χ0v) is 17.3. The molecule has 32 heavy (non-hydrogen) atoms. The fourth-order valence-electron chi connectivity index (χ4n) is 3.56. The molecule has 0 saturated carbocycles. The van der Waals surface area contributed by atoms with Crippen molar-refractivity contribution in [2.24, 2.45) is 0 Å². The summed E-state index contributed by atoms with van der Waals surface area (Å²) in [5.74, 6) is 0.0568. The molecule has 0 fully saturated rings. The van der Waals surface area contributed by atoms with Gasteiger partial charge < -0.3 is 4.98 Å². The SMILES string of the molecule is O=c1c2[nH]c3ccccc3c2nc(SCc2cccc(F)c2)n1-c1ccc([N+](=O)[O-])cc1. The van der Waals surface area contributed by atoms with Crippen LogP contribution >= 0.6 is 11.8 Å². The number of nitro groups is 1. The highest BCUT2D eigenvalue weighted by atomic mass is 32.2. The van der Waals surface area contributed by atoms with E-state index in [0.717, 1.165) is 16.5 Å². The summed E-state index contributed by atoms with van der Waals surface area (Å²) in [6.45, 7) is 0. The first kappa shape index (κ1) is 20.0. The number of para-hydroxylation sites is 1. The normalized spacial score (nSPS) is 11.3. The molecule has 3 aromatic carbocycles. The van der Waals surface area contributed by atoms with E-state index in [9.17, 15) is 19.3 Å². The van der Waals surface area contributed by atoms with E-state index in [1.165, 1.54) is 52.7 Å². The van der Waals surface area contributed by atoms with E-state index in [4.69, 9.17) is 4.98 Å². The van der Waals surface area contributed by atoms with Crippen LogP contribution in [0.3, 0.4) is 0 Å². The molecule has 7 nitrogen and oxygen atoms in total. The molecule has 5 rings (SSSR count). The Hall–Kier alpha value is -3.98. The highest BCUT2D eigenvalue weighted by molar-refractivity contribution is 7.98. The fourth-order valence-corrected chi connectivity index (χ4v) is 4.51. The van der Waals surface area contributed by atoms with Crippen LogP contribution in [-0.2, 0) is 5.75 Å². The van der Waals surface area contributed by atoms with E-state index < -0.39 is 4.92 Å². The number of aromatic amines is 1. The van der Waals surface area contributed by atoms with Gasteiger partial charge in [0.2, 0.25) is 0 Å². The summed E-state index contributed by atoms with van der Waals surface area (Å²) in [7, 11) is 0. The lowest BCUT2D eigenvalue weighted by molar-refractivity contribution is -0.384. The summed E-state index contributed by atoms with van der Waals surface area (Å²) < 4.78 is 15.0. The molecule has 2 aromatic heterocycles. The summed E-state index contributed by atoms with van der Waals surface area (Å²) in [5.41, 5.74) is 2.49. The Morgan fingerprint density at radius 3 is 2.59 bits per heavy atom. The van der Waals surface area contributed by atoms with Crippen LogP contribution in [0.5, 0.6) is 0 Å². The lowest BCUT2D eigenvalue weighted by Gasteiger charge is -2.12. The minimum atomic E-state index is -0.495. The van der Waals surface area contributed by atoms with Gasteiger partial charge in [-0.3, -0.25) is 19.5 Å². The summed E-state index contributed by atoms with van der Waals surface area (Å²) in [6, 6.07) is 19.5. The zero-order chi connectivity index (χ0) is 22.2. The van der Waals surface area contributed by atoms with Gasteiger partial charge in [0.25, 0.3) is 11.2 Å². The predicted octanol–water partition coefficient (Wildman–Crippen LogP) is 5.21. The first-order chi connectivity index (χ1) is 15.5. The first-order valence-corrected chi connectivity index (χ1v) is 10.7. The lowest BCUT2D eigenvalue weighted by atomic mass is 10.2. The number of hydrogen-bond donors (Lipinski definition) is 1. The van der Waals surface area contributed by atoms with Crippen molar-refractivity contribution in [1.82, 2.24) is 14.5 Å². The summed E-state index contributed by atoms with van der Waals surface area (Å²) in [5, 5.41) is 12.3. The van der Waals surface area contributed by atoms with Crippen molar-refractivity contribution in [3.63, 3.8) is 0 Å². The molecule has 5 aromatic rings. The van der Waals surface area contributed by atoms with Gasteiger partial charge in [-0.15, -0.1) is 0 Å². The molecule has 0 spiro atoms. The van der Waals surface area contributed by atoms with Crippen LogP contribution in [0, 0.1) is 15.9 Å². The maximum absolute atomic E-state index is 13.6. The van der Waals surface area contributed by atoms with Gasteiger partial charge in [0.05, 0.1) is 10.6 Å². The molecule has 2 heterocycles. The van der Waals surface area contributed by atoms with Crippen molar-refractivity contribution in [2.45, 2.75) is 10.9 Å². The summed E-state index contributed by atoms with van der Waals surface area (Å²) >= 11 is 1.29. The molecule has 0 aliphatic heterocycles. The fraction of sp³-hybridized carbons (Fsp3) is 0.0435. The Morgan fingerprint density at radius 2 is 1.84 bits per heavy atom. The number of benzene rings is 3. The maximum atomic E-state index is 13.6. The van der Waals surface area contributed by atoms with Crippen LogP contribution in [0.2, 0.25) is 0 Å². The van der Waals surface area contributed by atoms with Gasteiger partial charge in [-0.2, -0.15) is 0 Å². The monoisotopic (exact) mass is 446 g/mol. The Morgan fingerprint density at radius 1 is 1.06 bits per heavy atom. The second-order valence-electron chi connectivity index (χ2n) is 7.12. The Labute approximate surface area is 184 Å². The standard InChI is InChI=1S/C23H15FN4O3S/c24-15-5-3-4-14(12-15)13-32-23-26-20-18-6-1-2-7-19(18)25-21(20)22(29)27(23)16-8-10-17(11-9-16)28(30)31/h1-12,25H,13H2. The predicted molar refractivity (Wildman–Crippen MR) is 122 cm³/mol. The van der Waals surface area contributed by atoms with Gasteiger partial charge >= 0.3 is 0 Å². The maximum Gasteiger partial charge on any atom is 0.283 e. The average Bonchev–Trinajstić information content (AvgIpc) is 3.17. The molecule has 0 aliphatic rings. The van der Waals surface area contributed by atoms with Gasteiger partial charge in [0, 0.05) is 28.8 Å². The van der Waals surface area contributed by atoms with Gasteiger partial charge in [-0.1, -0.05) is 42.1 Å². The van der Waals surface area contributed by atoms with Gasteiger partial charge in [0.1, 0.15) is 16.9 Å². The van der Waals surface area contributed by atoms with Crippen LogP contribution < -0.4 is 5.56 Å². The number of nitrogens with one attached hydrogen (secondary N) is 1. The van der Waals surface area contributed by atoms with E-state index >= 15 is 0 Å². The van der Waals surface area contributed by atoms with Crippen molar-refractivity contribution < 1.29 is 9.31 Å². The van der Waals surface area contributed by atoms with Crippen molar-refractivity contribution >= 4 is 39.4 Å². The van der Waals surface area contributed by atoms with E-state index in [2.05, 4.69) is 4.98 Å². The second kappa shape index (κ2) is 7.93. The smallest absolute Gasteiger partial charge is 0.283 e.